The van der Waals surface area contributed by atoms with Crippen LogP contribution in [0, 0.1) is 5.41 Å². The molecule has 0 aromatic heterocycles. The highest BCUT2D eigenvalue weighted by molar-refractivity contribution is 9.09. The molecular formula is C7H16BrO6P. The molecule has 0 saturated heterocycles. The van der Waals surface area contributed by atoms with Gasteiger partial charge in [0, 0.05) is 10.7 Å². The van der Waals surface area contributed by atoms with Crippen LogP contribution in [0.4, 0.5) is 0 Å². The lowest BCUT2D eigenvalue weighted by molar-refractivity contribution is -0.000929. The zero-order chi connectivity index (χ0) is 11.9. The van der Waals surface area contributed by atoms with Crippen LogP contribution in [0.5, 0.6) is 0 Å². The van der Waals surface area contributed by atoms with Crippen molar-refractivity contribution in [1.29, 1.82) is 0 Å². The van der Waals surface area contributed by atoms with Gasteiger partial charge in [-0.3, -0.25) is 4.52 Å². The first-order chi connectivity index (χ1) is 6.89. The van der Waals surface area contributed by atoms with Crippen LogP contribution in [0.3, 0.4) is 0 Å². The third kappa shape index (κ3) is 6.63. The van der Waals surface area contributed by atoms with Crippen LogP contribution in [0.1, 0.15) is 12.8 Å². The Morgan fingerprint density at radius 3 is 2.13 bits per heavy atom. The Kier molecular flexibility index (Phi) is 7.19. The van der Waals surface area contributed by atoms with Gasteiger partial charge in [-0.15, -0.1) is 0 Å². The number of rotatable bonds is 8. The smallest absolute Gasteiger partial charge is 0.396 e. The van der Waals surface area contributed by atoms with Gasteiger partial charge >= 0.3 is 7.82 Å². The summed E-state index contributed by atoms with van der Waals surface area (Å²) in [7, 11) is -4.55. The van der Waals surface area contributed by atoms with E-state index in [1.54, 1.807) is 0 Å². The molecule has 0 atom stereocenters. The Labute approximate surface area is 96.6 Å². The molecule has 0 bridgehead atoms. The summed E-state index contributed by atoms with van der Waals surface area (Å²) in [6.07, 6.45) is 1.09. The molecule has 0 saturated carbocycles. The van der Waals surface area contributed by atoms with E-state index in [-0.39, 0.29) is 19.8 Å². The number of hydrogen-bond acceptors (Lipinski definition) is 4. The zero-order valence-electron chi connectivity index (χ0n) is 8.17. The lowest BCUT2D eigenvalue weighted by atomic mass is 9.86. The van der Waals surface area contributed by atoms with E-state index in [1.807, 2.05) is 0 Å². The maximum atomic E-state index is 10.5. The molecule has 0 spiro atoms. The van der Waals surface area contributed by atoms with Crippen molar-refractivity contribution in [2.24, 2.45) is 5.41 Å². The lowest BCUT2D eigenvalue weighted by Gasteiger charge is -2.29. The highest BCUT2D eigenvalue weighted by Crippen LogP contribution is 2.39. The first kappa shape index (κ1) is 15.5. The van der Waals surface area contributed by atoms with E-state index in [0.717, 1.165) is 0 Å². The summed E-state index contributed by atoms with van der Waals surface area (Å²) in [5, 5.41) is 18.9. The number of phosphoric ester groups is 1. The van der Waals surface area contributed by atoms with Gasteiger partial charge in [-0.05, 0) is 12.8 Å². The summed E-state index contributed by atoms with van der Waals surface area (Å²) in [5.74, 6) is 0. The van der Waals surface area contributed by atoms with Crippen molar-refractivity contribution in [1.82, 2.24) is 0 Å². The average Bonchev–Trinajstić information content (AvgIpc) is 2.18. The molecule has 15 heavy (non-hydrogen) atoms. The first-order valence-corrected chi connectivity index (χ1v) is 7.02. The van der Waals surface area contributed by atoms with Gasteiger partial charge in [0.25, 0.3) is 0 Å². The molecule has 0 aliphatic rings. The van der Waals surface area contributed by atoms with Crippen LogP contribution < -0.4 is 0 Å². The van der Waals surface area contributed by atoms with Crippen LogP contribution in [-0.2, 0) is 9.09 Å². The summed E-state index contributed by atoms with van der Waals surface area (Å²) in [5.41, 5.74) is -0.991. The third-order valence-electron chi connectivity index (χ3n) is 2.05. The van der Waals surface area contributed by atoms with Crippen molar-refractivity contribution in [2.45, 2.75) is 12.8 Å². The Bertz CT molecular complexity index is 214. The predicted molar refractivity (Wildman–Crippen MR) is 57.6 cm³/mol. The molecule has 0 amide bonds. The van der Waals surface area contributed by atoms with Crippen LogP contribution in [-0.4, -0.2) is 45.2 Å². The molecule has 0 fully saturated rings. The number of aliphatic hydroxyl groups excluding tert-OH is 2. The minimum Gasteiger partial charge on any atom is -0.396 e. The van der Waals surface area contributed by atoms with Crippen LogP contribution >= 0.6 is 23.8 Å². The van der Waals surface area contributed by atoms with Gasteiger partial charge in [-0.2, -0.15) is 0 Å². The number of halogens is 1. The second-order valence-electron chi connectivity index (χ2n) is 3.37. The average molecular weight is 307 g/mol. The van der Waals surface area contributed by atoms with Crippen molar-refractivity contribution < 1.29 is 29.1 Å². The molecule has 0 rings (SSSR count). The van der Waals surface area contributed by atoms with Gasteiger partial charge in [-0.25, -0.2) is 4.57 Å². The summed E-state index contributed by atoms with van der Waals surface area (Å²) in [4.78, 5) is 17.0. The molecule has 0 aliphatic carbocycles. The first-order valence-electron chi connectivity index (χ1n) is 4.37. The van der Waals surface area contributed by atoms with Crippen molar-refractivity contribution in [3.05, 3.63) is 0 Å². The number of hydrogen-bond donors (Lipinski definition) is 4. The summed E-state index contributed by atoms with van der Waals surface area (Å²) in [6, 6.07) is 0. The maximum Gasteiger partial charge on any atom is 0.469 e. The number of alkyl halides is 1. The fourth-order valence-corrected chi connectivity index (χ4v) is 1.76. The Balaban J connectivity index is 4.29. The van der Waals surface area contributed by atoms with Crippen molar-refractivity contribution in [2.75, 3.05) is 25.2 Å². The van der Waals surface area contributed by atoms with E-state index < -0.39 is 13.2 Å². The minimum atomic E-state index is -4.55. The molecule has 0 aromatic rings. The quantitative estimate of drug-likeness (QED) is 0.378. The van der Waals surface area contributed by atoms with E-state index in [1.165, 1.54) is 0 Å². The zero-order valence-corrected chi connectivity index (χ0v) is 10.7. The normalized spacial score (nSPS) is 13.1. The van der Waals surface area contributed by atoms with Crippen LogP contribution in [0.15, 0.2) is 0 Å². The van der Waals surface area contributed by atoms with E-state index in [9.17, 15) is 4.57 Å². The lowest BCUT2D eigenvalue weighted by Crippen LogP contribution is -2.34. The highest BCUT2D eigenvalue weighted by Gasteiger charge is 2.31. The molecule has 0 unspecified atom stereocenters. The van der Waals surface area contributed by atoms with E-state index in [2.05, 4.69) is 20.5 Å². The predicted octanol–water partition coefficient (Wildman–Crippen LogP) is 0.242. The second-order valence-corrected chi connectivity index (χ2v) is 5.41. The number of aliphatic hydroxyl groups is 2. The van der Waals surface area contributed by atoms with E-state index >= 15 is 0 Å². The fraction of sp³-hybridized carbons (Fsp3) is 1.00. The topological polar surface area (TPSA) is 107 Å². The second kappa shape index (κ2) is 6.96. The maximum absolute atomic E-state index is 10.5. The standard InChI is InChI=1S/C7H16BrO6P/c8-3-1-2-7(4-9,5-10)6-14-15(11,12)13/h9-10H,1-6H2,(H2,11,12,13). The molecule has 6 nitrogen and oxygen atoms in total. The molecule has 4 N–H and O–H groups in total. The molecule has 0 aromatic carbocycles. The van der Waals surface area contributed by atoms with Crippen molar-refractivity contribution in [3.8, 4) is 0 Å². The Hall–Kier alpha value is 0.510. The molecular weight excluding hydrogens is 291 g/mol. The summed E-state index contributed by atoms with van der Waals surface area (Å²) in [6.45, 7) is -1.12. The number of phosphoric acid groups is 1. The highest BCUT2D eigenvalue weighted by atomic mass is 79.9. The fourth-order valence-electron chi connectivity index (χ4n) is 1.03. The van der Waals surface area contributed by atoms with Gasteiger partial charge in [-0.1, -0.05) is 15.9 Å². The molecule has 8 heteroatoms. The van der Waals surface area contributed by atoms with Crippen LogP contribution in [0.25, 0.3) is 0 Å². The third-order valence-corrected chi connectivity index (χ3v) is 3.08. The minimum absolute atomic E-state index is 0.364. The van der Waals surface area contributed by atoms with Gasteiger partial charge in [0.05, 0.1) is 19.8 Å². The Morgan fingerprint density at radius 1 is 1.27 bits per heavy atom. The molecule has 0 radical (unpaired) electrons. The summed E-state index contributed by atoms with van der Waals surface area (Å²) < 4.78 is 14.8. The van der Waals surface area contributed by atoms with Crippen molar-refractivity contribution >= 4 is 23.8 Å². The largest absolute Gasteiger partial charge is 0.469 e. The van der Waals surface area contributed by atoms with E-state index in [0.29, 0.717) is 18.2 Å². The molecule has 92 valence electrons. The molecule has 0 aliphatic heterocycles. The van der Waals surface area contributed by atoms with Crippen LogP contribution in [0.2, 0.25) is 0 Å². The van der Waals surface area contributed by atoms with E-state index in [4.69, 9.17) is 20.0 Å². The van der Waals surface area contributed by atoms with Gasteiger partial charge in [0.15, 0.2) is 0 Å². The molecule has 0 heterocycles. The summed E-state index contributed by atoms with van der Waals surface area (Å²) >= 11 is 3.19. The van der Waals surface area contributed by atoms with Gasteiger partial charge in [0.2, 0.25) is 0 Å². The van der Waals surface area contributed by atoms with Gasteiger partial charge in [0.1, 0.15) is 0 Å². The van der Waals surface area contributed by atoms with Crippen molar-refractivity contribution in [3.63, 3.8) is 0 Å². The van der Waals surface area contributed by atoms with Gasteiger partial charge < -0.3 is 20.0 Å². The monoisotopic (exact) mass is 306 g/mol. The Morgan fingerprint density at radius 2 is 1.80 bits per heavy atom. The SMILES string of the molecule is O=P(O)(O)OCC(CO)(CO)CCCBr.